The van der Waals surface area contributed by atoms with Gasteiger partial charge in [-0.15, -0.1) is 0 Å². The molecule has 6 nitrogen and oxygen atoms in total. The second-order valence-corrected chi connectivity index (χ2v) is 6.24. The Morgan fingerprint density at radius 1 is 1.30 bits per heavy atom. The Bertz CT molecular complexity index is 588. The van der Waals surface area contributed by atoms with Gasteiger partial charge in [0, 0.05) is 18.3 Å². The van der Waals surface area contributed by atoms with Gasteiger partial charge < -0.3 is 10.1 Å². The summed E-state index contributed by atoms with van der Waals surface area (Å²) in [4.78, 5) is 26.0. The van der Waals surface area contributed by atoms with Crippen LogP contribution in [0.1, 0.15) is 25.0 Å². The Labute approximate surface area is 137 Å². The number of ether oxygens (including phenoxy) is 1. The van der Waals surface area contributed by atoms with Crippen molar-refractivity contribution in [1.82, 2.24) is 10.2 Å². The van der Waals surface area contributed by atoms with Gasteiger partial charge in [0.2, 0.25) is 5.91 Å². The minimum atomic E-state index is -0.504. The summed E-state index contributed by atoms with van der Waals surface area (Å²) in [6, 6.07) is 5.39. The van der Waals surface area contributed by atoms with Gasteiger partial charge in [-0.25, -0.2) is 4.79 Å². The van der Waals surface area contributed by atoms with E-state index in [-0.39, 0.29) is 24.6 Å². The minimum Gasteiger partial charge on any atom is -0.376 e. The average molecular weight is 319 g/mol. The molecule has 1 aromatic carbocycles. The van der Waals surface area contributed by atoms with Crippen LogP contribution in [0.5, 0.6) is 0 Å². The molecule has 0 bridgehead atoms. The third-order valence-corrected chi connectivity index (χ3v) is 3.97. The molecule has 6 heteroatoms. The lowest BCUT2D eigenvalue weighted by Crippen LogP contribution is -2.51. The van der Waals surface area contributed by atoms with E-state index >= 15 is 0 Å². The van der Waals surface area contributed by atoms with E-state index in [1.54, 1.807) is 0 Å². The monoisotopic (exact) mass is 319 g/mol. The highest BCUT2D eigenvalue weighted by molar-refractivity contribution is 6.02. The third kappa shape index (κ3) is 5.04. The van der Waals surface area contributed by atoms with E-state index in [1.807, 2.05) is 50.8 Å². The number of nitrogens with zero attached hydrogens (tertiary/aromatic N) is 1. The first kappa shape index (κ1) is 17.4. The highest BCUT2D eigenvalue weighted by Gasteiger charge is 2.25. The fourth-order valence-corrected chi connectivity index (χ4v) is 2.65. The number of amides is 3. The molecule has 0 unspecified atom stereocenters. The molecule has 126 valence electrons. The van der Waals surface area contributed by atoms with Gasteiger partial charge in [-0.05, 0) is 39.3 Å². The van der Waals surface area contributed by atoms with Crippen molar-refractivity contribution in [2.75, 3.05) is 25.0 Å². The van der Waals surface area contributed by atoms with E-state index < -0.39 is 6.03 Å². The number of nitrogens with one attached hydrogen (secondary N) is 2. The number of hydrogen-bond acceptors (Lipinski definition) is 4. The standard InChI is InChI=1S/C17H25N3O3/c1-11-5-6-15(12(2)7-11)18-17(22)19-16(21)9-20-8-14(4)23-10-13(20)3/h5-7,13-14H,8-10H2,1-4H3,(H2,18,19,21,22)/t13-,14+/m1/s1. The van der Waals surface area contributed by atoms with E-state index in [9.17, 15) is 9.59 Å². The summed E-state index contributed by atoms with van der Waals surface area (Å²) in [5.74, 6) is -0.312. The summed E-state index contributed by atoms with van der Waals surface area (Å²) in [5, 5.41) is 5.09. The van der Waals surface area contributed by atoms with Gasteiger partial charge in [0.1, 0.15) is 0 Å². The summed E-state index contributed by atoms with van der Waals surface area (Å²) in [5.41, 5.74) is 2.79. The molecule has 0 saturated carbocycles. The maximum Gasteiger partial charge on any atom is 0.325 e. The van der Waals surface area contributed by atoms with Crippen LogP contribution in [0.25, 0.3) is 0 Å². The molecule has 2 atom stereocenters. The zero-order valence-electron chi connectivity index (χ0n) is 14.2. The summed E-state index contributed by atoms with van der Waals surface area (Å²) in [7, 11) is 0. The average Bonchev–Trinajstić information content (AvgIpc) is 2.46. The van der Waals surface area contributed by atoms with Crippen LogP contribution in [0, 0.1) is 13.8 Å². The first-order valence-corrected chi connectivity index (χ1v) is 7.89. The molecule has 0 spiro atoms. The van der Waals surface area contributed by atoms with Gasteiger partial charge in [-0.1, -0.05) is 17.7 Å². The van der Waals surface area contributed by atoms with E-state index in [4.69, 9.17) is 4.74 Å². The smallest absolute Gasteiger partial charge is 0.325 e. The van der Waals surface area contributed by atoms with Crippen molar-refractivity contribution < 1.29 is 14.3 Å². The van der Waals surface area contributed by atoms with Crippen molar-refractivity contribution in [3.8, 4) is 0 Å². The van der Waals surface area contributed by atoms with Crippen LogP contribution in [0.4, 0.5) is 10.5 Å². The van der Waals surface area contributed by atoms with Crippen molar-refractivity contribution in [3.05, 3.63) is 29.3 Å². The molecule has 1 heterocycles. The number of imide groups is 1. The molecule has 1 aliphatic heterocycles. The van der Waals surface area contributed by atoms with Gasteiger partial charge >= 0.3 is 6.03 Å². The van der Waals surface area contributed by atoms with E-state index in [0.29, 0.717) is 18.8 Å². The zero-order chi connectivity index (χ0) is 17.0. The zero-order valence-corrected chi connectivity index (χ0v) is 14.2. The molecule has 1 fully saturated rings. The number of carbonyl (C=O) groups is 2. The van der Waals surface area contributed by atoms with Crippen LogP contribution in [0.2, 0.25) is 0 Å². The summed E-state index contributed by atoms with van der Waals surface area (Å²) in [6.07, 6.45) is 0.100. The first-order valence-electron chi connectivity index (χ1n) is 7.89. The van der Waals surface area contributed by atoms with Gasteiger partial charge in [-0.2, -0.15) is 0 Å². The molecule has 23 heavy (non-hydrogen) atoms. The van der Waals surface area contributed by atoms with Crippen LogP contribution in [-0.4, -0.2) is 48.7 Å². The Morgan fingerprint density at radius 3 is 2.74 bits per heavy atom. The highest BCUT2D eigenvalue weighted by Crippen LogP contribution is 2.15. The molecule has 1 aliphatic rings. The largest absolute Gasteiger partial charge is 0.376 e. The maximum absolute atomic E-state index is 12.0. The molecule has 1 aromatic rings. The Morgan fingerprint density at radius 2 is 2.04 bits per heavy atom. The van der Waals surface area contributed by atoms with Crippen molar-refractivity contribution in [2.45, 2.75) is 39.8 Å². The minimum absolute atomic E-state index is 0.100. The number of rotatable bonds is 3. The van der Waals surface area contributed by atoms with Gasteiger partial charge in [-0.3, -0.25) is 15.0 Å². The van der Waals surface area contributed by atoms with Gasteiger partial charge in [0.05, 0.1) is 19.3 Å². The van der Waals surface area contributed by atoms with E-state index in [1.165, 1.54) is 0 Å². The Kier molecular flexibility index (Phi) is 5.74. The lowest BCUT2D eigenvalue weighted by atomic mass is 10.1. The number of benzene rings is 1. The summed E-state index contributed by atoms with van der Waals surface area (Å²) in [6.45, 7) is 9.37. The lowest BCUT2D eigenvalue weighted by molar-refractivity contribution is -0.124. The first-order chi connectivity index (χ1) is 10.8. The topological polar surface area (TPSA) is 70.7 Å². The molecule has 0 aliphatic carbocycles. The molecule has 3 amide bonds. The fraction of sp³-hybridized carbons (Fsp3) is 0.529. The Hall–Kier alpha value is -1.92. The van der Waals surface area contributed by atoms with Crippen molar-refractivity contribution in [2.24, 2.45) is 0 Å². The number of hydrogen-bond donors (Lipinski definition) is 2. The second-order valence-electron chi connectivity index (χ2n) is 6.24. The summed E-state index contributed by atoms with van der Waals surface area (Å²) >= 11 is 0. The number of aryl methyl sites for hydroxylation is 2. The quantitative estimate of drug-likeness (QED) is 0.895. The normalized spacial score (nSPS) is 21.7. The van der Waals surface area contributed by atoms with E-state index in [0.717, 1.165) is 11.1 Å². The predicted octanol–water partition coefficient (Wildman–Crippen LogP) is 2.06. The van der Waals surface area contributed by atoms with Crippen LogP contribution in [0.3, 0.4) is 0 Å². The van der Waals surface area contributed by atoms with Gasteiger partial charge in [0.15, 0.2) is 0 Å². The number of carbonyl (C=O) groups excluding carboxylic acids is 2. The summed E-state index contributed by atoms with van der Waals surface area (Å²) < 4.78 is 5.53. The van der Waals surface area contributed by atoms with Crippen molar-refractivity contribution >= 4 is 17.6 Å². The van der Waals surface area contributed by atoms with Crippen LogP contribution in [0.15, 0.2) is 18.2 Å². The van der Waals surface area contributed by atoms with E-state index in [2.05, 4.69) is 10.6 Å². The van der Waals surface area contributed by atoms with Crippen LogP contribution >= 0.6 is 0 Å². The SMILES string of the molecule is Cc1ccc(NC(=O)NC(=O)CN2C[C@H](C)OC[C@H]2C)c(C)c1. The third-order valence-electron chi connectivity index (χ3n) is 3.97. The fourth-order valence-electron chi connectivity index (χ4n) is 2.65. The maximum atomic E-state index is 12.0. The number of morpholine rings is 1. The molecule has 1 saturated heterocycles. The molecule has 0 aromatic heterocycles. The van der Waals surface area contributed by atoms with Crippen LogP contribution < -0.4 is 10.6 Å². The van der Waals surface area contributed by atoms with Crippen LogP contribution in [-0.2, 0) is 9.53 Å². The number of urea groups is 1. The van der Waals surface area contributed by atoms with Gasteiger partial charge in [0.25, 0.3) is 0 Å². The second kappa shape index (κ2) is 7.57. The van der Waals surface area contributed by atoms with Crippen molar-refractivity contribution in [3.63, 3.8) is 0 Å². The number of anilines is 1. The molecular formula is C17H25N3O3. The lowest BCUT2D eigenvalue weighted by Gasteiger charge is -2.36. The van der Waals surface area contributed by atoms with Crippen molar-refractivity contribution in [1.29, 1.82) is 0 Å². The molecule has 2 N–H and O–H groups in total. The molecule has 0 radical (unpaired) electrons. The molecular weight excluding hydrogens is 294 g/mol. The predicted molar refractivity (Wildman–Crippen MR) is 89.5 cm³/mol. The Balaban J connectivity index is 1.86. The highest BCUT2D eigenvalue weighted by atomic mass is 16.5. The molecule has 2 rings (SSSR count).